The number of aromatic nitrogens is 1. The molecule has 5 aromatic rings. The number of ether oxygens (including phenoxy) is 3. The molecule has 4 aromatic carbocycles. The Labute approximate surface area is 265 Å². The molecule has 0 radical (unpaired) electrons. The van der Waals surface area contributed by atoms with Crippen LogP contribution >= 0.6 is 0 Å². The summed E-state index contributed by atoms with van der Waals surface area (Å²) in [6, 6.07) is 39.8. The number of rotatable bonds is 12. The van der Waals surface area contributed by atoms with Gasteiger partial charge in [0.05, 0.1) is 32.0 Å². The molecule has 1 unspecified atom stereocenters. The fraction of sp³-hybridized carbons (Fsp3) is 0.342. The van der Waals surface area contributed by atoms with Gasteiger partial charge in [0, 0.05) is 32.7 Å². The Morgan fingerprint density at radius 1 is 0.622 bits per heavy atom. The third-order valence-corrected chi connectivity index (χ3v) is 8.86. The van der Waals surface area contributed by atoms with Crippen LogP contribution in [0.5, 0.6) is 0 Å². The molecule has 7 heteroatoms. The molecule has 0 spiro atoms. The van der Waals surface area contributed by atoms with Gasteiger partial charge in [-0.1, -0.05) is 103 Å². The van der Waals surface area contributed by atoms with Gasteiger partial charge in [0.25, 0.3) is 6.01 Å². The number of nitrogens with zero attached hydrogens (tertiary/aromatic N) is 3. The Kier molecular flexibility index (Phi) is 9.50. The fourth-order valence-electron chi connectivity index (χ4n) is 6.53. The van der Waals surface area contributed by atoms with E-state index in [4.69, 9.17) is 23.6 Å². The van der Waals surface area contributed by atoms with Gasteiger partial charge in [0.2, 0.25) is 0 Å². The van der Waals surface area contributed by atoms with E-state index in [-0.39, 0.29) is 18.3 Å². The van der Waals surface area contributed by atoms with Crippen molar-refractivity contribution in [3.63, 3.8) is 0 Å². The van der Waals surface area contributed by atoms with E-state index in [0.717, 1.165) is 72.9 Å². The lowest BCUT2D eigenvalue weighted by Gasteiger charge is -2.43. The Hall–Kier alpha value is -4.01. The lowest BCUT2D eigenvalue weighted by atomic mass is 9.98. The highest BCUT2D eigenvalue weighted by atomic mass is 16.6. The molecule has 232 valence electrons. The minimum Gasteiger partial charge on any atom is -0.423 e. The van der Waals surface area contributed by atoms with Crippen LogP contribution in [-0.4, -0.2) is 60.9 Å². The zero-order chi connectivity index (χ0) is 30.3. The van der Waals surface area contributed by atoms with Crippen LogP contribution < -0.4 is 4.90 Å². The van der Waals surface area contributed by atoms with Crippen molar-refractivity contribution in [3.05, 3.63) is 132 Å². The summed E-state index contributed by atoms with van der Waals surface area (Å²) in [6.45, 7) is 5.98. The second-order valence-corrected chi connectivity index (χ2v) is 12.2. The first-order valence-electron chi connectivity index (χ1n) is 16.1. The van der Waals surface area contributed by atoms with Gasteiger partial charge >= 0.3 is 0 Å². The third kappa shape index (κ3) is 7.63. The van der Waals surface area contributed by atoms with Gasteiger partial charge in [-0.05, 0) is 41.2 Å². The van der Waals surface area contributed by atoms with E-state index in [9.17, 15) is 0 Å². The van der Waals surface area contributed by atoms with E-state index in [0.29, 0.717) is 25.7 Å². The topological polar surface area (TPSA) is 60.2 Å². The largest absolute Gasteiger partial charge is 0.423 e. The molecule has 7 nitrogen and oxygen atoms in total. The summed E-state index contributed by atoms with van der Waals surface area (Å²) in [4.78, 5) is 9.56. The fourth-order valence-corrected chi connectivity index (χ4v) is 6.53. The van der Waals surface area contributed by atoms with E-state index < -0.39 is 0 Å². The first kappa shape index (κ1) is 29.7. The van der Waals surface area contributed by atoms with Crippen LogP contribution in [0.1, 0.15) is 23.1 Å². The Morgan fingerprint density at radius 2 is 1.16 bits per heavy atom. The molecule has 0 bridgehead atoms. The standard InChI is InChI=1S/C38H41N3O4/c1-4-12-29(13-5-1)26-42-35-24-40(22-32-20-21-41(23-32)38-39-33-18-10-11-19-34(33)45-38)25-36(43-27-30-14-6-2-7-15-30)37(35)44-28-31-16-8-3-9-17-31/h1-19,32,35-37H,20-28H2/t32-,35-,36+,37?/m1/s1. The molecule has 2 saturated heterocycles. The minimum atomic E-state index is -0.200. The number of benzene rings is 4. The number of fused-ring (bicyclic) bond motifs is 1. The smallest absolute Gasteiger partial charge is 0.298 e. The molecule has 0 saturated carbocycles. The van der Waals surface area contributed by atoms with Gasteiger partial charge in [-0.15, -0.1) is 0 Å². The molecule has 2 fully saturated rings. The zero-order valence-electron chi connectivity index (χ0n) is 25.6. The lowest BCUT2D eigenvalue weighted by molar-refractivity contribution is -0.185. The molecule has 7 rings (SSSR count). The minimum absolute atomic E-state index is 0.141. The summed E-state index contributed by atoms with van der Waals surface area (Å²) in [7, 11) is 0. The van der Waals surface area contributed by atoms with E-state index >= 15 is 0 Å². The van der Waals surface area contributed by atoms with Crippen molar-refractivity contribution in [1.82, 2.24) is 9.88 Å². The summed E-state index contributed by atoms with van der Waals surface area (Å²) >= 11 is 0. The van der Waals surface area contributed by atoms with Crippen molar-refractivity contribution in [2.45, 2.75) is 44.6 Å². The molecule has 0 N–H and O–H groups in total. The molecule has 0 amide bonds. The summed E-state index contributed by atoms with van der Waals surface area (Å²) in [6.07, 6.45) is 0.610. The Bertz CT molecular complexity index is 1530. The molecular weight excluding hydrogens is 562 g/mol. The summed E-state index contributed by atoms with van der Waals surface area (Å²) in [5.74, 6) is 0.492. The maximum Gasteiger partial charge on any atom is 0.298 e. The van der Waals surface area contributed by atoms with Gasteiger partial charge < -0.3 is 23.5 Å². The average molecular weight is 604 g/mol. The monoisotopic (exact) mass is 603 g/mol. The first-order valence-corrected chi connectivity index (χ1v) is 16.1. The van der Waals surface area contributed by atoms with Crippen molar-refractivity contribution in [2.24, 2.45) is 5.92 Å². The molecule has 2 aliphatic rings. The number of hydrogen-bond acceptors (Lipinski definition) is 7. The molecular formula is C38H41N3O4. The van der Waals surface area contributed by atoms with Crippen molar-refractivity contribution in [2.75, 3.05) is 37.6 Å². The van der Waals surface area contributed by atoms with E-state index in [1.807, 2.05) is 42.5 Å². The van der Waals surface area contributed by atoms with Crippen LogP contribution in [0, 0.1) is 5.92 Å². The first-order chi connectivity index (χ1) is 22.3. The second-order valence-electron chi connectivity index (χ2n) is 12.2. The predicted molar refractivity (Wildman–Crippen MR) is 176 cm³/mol. The predicted octanol–water partition coefficient (Wildman–Crippen LogP) is 6.73. The highest BCUT2D eigenvalue weighted by Gasteiger charge is 2.40. The zero-order valence-corrected chi connectivity index (χ0v) is 25.6. The molecule has 2 aliphatic heterocycles. The van der Waals surface area contributed by atoms with Crippen molar-refractivity contribution in [1.29, 1.82) is 0 Å². The highest BCUT2D eigenvalue weighted by Crippen LogP contribution is 2.30. The normalized spacial score (nSPS) is 22.3. The van der Waals surface area contributed by atoms with Crippen molar-refractivity contribution >= 4 is 17.1 Å². The van der Waals surface area contributed by atoms with Crippen LogP contribution in [0.25, 0.3) is 11.1 Å². The summed E-state index contributed by atoms with van der Waals surface area (Å²) in [5.41, 5.74) is 5.20. The Balaban J connectivity index is 1.07. The highest BCUT2D eigenvalue weighted by molar-refractivity contribution is 5.74. The van der Waals surface area contributed by atoms with Gasteiger partial charge in [0.15, 0.2) is 5.58 Å². The van der Waals surface area contributed by atoms with E-state index in [1.54, 1.807) is 0 Å². The van der Waals surface area contributed by atoms with E-state index in [1.165, 1.54) is 0 Å². The molecule has 0 aliphatic carbocycles. The number of oxazole rings is 1. The molecule has 3 heterocycles. The second kappa shape index (κ2) is 14.4. The maximum absolute atomic E-state index is 6.69. The van der Waals surface area contributed by atoms with Crippen LogP contribution in [-0.2, 0) is 34.0 Å². The van der Waals surface area contributed by atoms with Gasteiger partial charge in [-0.2, -0.15) is 4.98 Å². The number of likely N-dealkylation sites (tertiary alicyclic amines) is 1. The van der Waals surface area contributed by atoms with Crippen molar-refractivity contribution in [3.8, 4) is 0 Å². The summed E-state index contributed by atoms with van der Waals surface area (Å²) < 4.78 is 26.2. The summed E-state index contributed by atoms with van der Waals surface area (Å²) in [5, 5.41) is 0. The Morgan fingerprint density at radius 3 is 1.73 bits per heavy atom. The molecule has 1 aromatic heterocycles. The van der Waals surface area contributed by atoms with Gasteiger partial charge in [-0.25, -0.2) is 0 Å². The van der Waals surface area contributed by atoms with Gasteiger partial charge in [-0.3, -0.25) is 4.90 Å². The van der Waals surface area contributed by atoms with Crippen LogP contribution in [0.3, 0.4) is 0 Å². The quantitative estimate of drug-likeness (QED) is 0.157. The van der Waals surface area contributed by atoms with Crippen LogP contribution in [0.2, 0.25) is 0 Å². The van der Waals surface area contributed by atoms with Crippen molar-refractivity contribution < 1.29 is 18.6 Å². The van der Waals surface area contributed by atoms with Crippen LogP contribution in [0.15, 0.2) is 120 Å². The number of anilines is 1. The van der Waals surface area contributed by atoms with Crippen LogP contribution in [0.4, 0.5) is 6.01 Å². The van der Waals surface area contributed by atoms with Gasteiger partial charge in [0.1, 0.15) is 11.6 Å². The maximum atomic E-state index is 6.69. The number of piperidine rings is 1. The number of para-hydroxylation sites is 2. The molecule has 45 heavy (non-hydrogen) atoms. The molecule has 4 atom stereocenters. The lowest BCUT2D eigenvalue weighted by Crippen LogP contribution is -2.58. The average Bonchev–Trinajstić information content (AvgIpc) is 3.74. The SMILES string of the molecule is c1ccc(COC2[C@@H](OCc3ccccc3)CN(C[C@H]3CCN(c4nc5ccccc5o4)C3)C[C@H]2OCc2ccccc2)cc1. The van der Waals surface area contributed by atoms with E-state index in [2.05, 4.69) is 82.6 Å². The number of hydrogen-bond donors (Lipinski definition) is 0. The third-order valence-electron chi connectivity index (χ3n) is 8.86.